The number of ether oxygens (including phenoxy) is 1. The topological polar surface area (TPSA) is 89.3 Å². The molecule has 21 heavy (non-hydrogen) atoms. The highest BCUT2D eigenvalue weighted by molar-refractivity contribution is 6.33. The van der Waals surface area contributed by atoms with Gasteiger partial charge in [-0.3, -0.25) is 0 Å². The molecule has 0 radical (unpaired) electrons. The molecule has 1 unspecified atom stereocenters. The van der Waals surface area contributed by atoms with Crippen molar-refractivity contribution in [2.75, 3.05) is 19.0 Å². The summed E-state index contributed by atoms with van der Waals surface area (Å²) in [5, 5.41) is 20.1. The van der Waals surface area contributed by atoms with Crippen LogP contribution >= 0.6 is 11.6 Å². The van der Waals surface area contributed by atoms with Crippen molar-refractivity contribution in [3.05, 3.63) is 41.2 Å². The predicted octanol–water partition coefficient (Wildman–Crippen LogP) is 1.25. The van der Waals surface area contributed by atoms with E-state index in [1.54, 1.807) is 30.5 Å². The van der Waals surface area contributed by atoms with Crippen LogP contribution in [0.4, 0.5) is 5.69 Å². The van der Waals surface area contributed by atoms with Crippen molar-refractivity contribution >= 4 is 23.3 Å². The Morgan fingerprint density at radius 2 is 2.29 bits per heavy atom. The summed E-state index contributed by atoms with van der Waals surface area (Å²) in [6.07, 6.45) is 1.57. The molecule has 8 heteroatoms. The first-order valence-corrected chi connectivity index (χ1v) is 6.63. The van der Waals surface area contributed by atoms with Gasteiger partial charge in [-0.2, -0.15) is 0 Å². The number of aliphatic hydroxyl groups excluding tert-OH is 1. The van der Waals surface area contributed by atoms with Gasteiger partial charge in [-0.05, 0) is 12.1 Å². The van der Waals surface area contributed by atoms with E-state index in [1.807, 2.05) is 0 Å². The van der Waals surface area contributed by atoms with E-state index in [4.69, 9.17) is 21.4 Å². The lowest BCUT2D eigenvalue weighted by molar-refractivity contribution is -0.141. The smallest absolute Gasteiger partial charge is 0.334 e. The van der Waals surface area contributed by atoms with Gasteiger partial charge < -0.3 is 15.2 Å². The zero-order valence-electron chi connectivity index (χ0n) is 11.4. The monoisotopic (exact) mass is 310 g/mol. The normalized spacial score (nSPS) is 12.0. The molecule has 0 aliphatic rings. The number of carbonyl (C=O) groups excluding carboxylic acids is 1. The Bertz CT molecular complexity index is 617. The van der Waals surface area contributed by atoms with E-state index in [-0.39, 0.29) is 6.61 Å². The molecule has 112 valence electrons. The highest BCUT2D eigenvalue weighted by Crippen LogP contribution is 2.25. The first-order valence-electron chi connectivity index (χ1n) is 6.25. The summed E-state index contributed by atoms with van der Waals surface area (Å²) in [6, 6.07) is 6.21. The van der Waals surface area contributed by atoms with E-state index in [1.165, 1.54) is 11.8 Å². The van der Waals surface area contributed by atoms with Crippen LogP contribution in [0.5, 0.6) is 0 Å². The fourth-order valence-corrected chi connectivity index (χ4v) is 1.95. The number of nitrogens with one attached hydrogen (secondary N) is 1. The Hall–Kier alpha value is -2.12. The Kier molecular flexibility index (Phi) is 5.13. The molecule has 0 aliphatic carbocycles. The SMILES string of the molecule is COC(=O)C(Nc1ccccc1Cl)c1cn(CCO)nn1. The molecule has 0 amide bonds. The van der Waals surface area contributed by atoms with E-state index in [9.17, 15) is 4.79 Å². The number of para-hydroxylation sites is 1. The van der Waals surface area contributed by atoms with Crippen molar-refractivity contribution in [2.45, 2.75) is 12.6 Å². The zero-order chi connectivity index (χ0) is 15.2. The maximum atomic E-state index is 11.9. The van der Waals surface area contributed by atoms with Gasteiger partial charge in [0, 0.05) is 0 Å². The van der Waals surface area contributed by atoms with Crippen LogP contribution in [0.2, 0.25) is 5.02 Å². The minimum atomic E-state index is -0.831. The predicted molar refractivity (Wildman–Crippen MR) is 76.9 cm³/mol. The van der Waals surface area contributed by atoms with Crippen molar-refractivity contribution in [2.24, 2.45) is 0 Å². The number of hydrogen-bond donors (Lipinski definition) is 2. The van der Waals surface area contributed by atoms with Crippen molar-refractivity contribution in [3.63, 3.8) is 0 Å². The van der Waals surface area contributed by atoms with Gasteiger partial charge in [-0.1, -0.05) is 28.9 Å². The lowest BCUT2D eigenvalue weighted by atomic mass is 10.2. The second-order valence-corrected chi connectivity index (χ2v) is 4.62. The van der Waals surface area contributed by atoms with Crippen LogP contribution in [0.15, 0.2) is 30.5 Å². The molecule has 0 bridgehead atoms. The molecular weight excluding hydrogens is 296 g/mol. The zero-order valence-corrected chi connectivity index (χ0v) is 12.1. The number of anilines is 1. The number of hydrogen-bond acceptors (Lipinski definition) is 6. The third-order valence-corrected chi connectivity index (χ3v) is 3.12. The maximum absolute atomic E-state index is 11.9. The van der Waals surface area contributed by atoms with Crippen molar-refractivity contribution in [1.82, 2.24) is 15.0 Å². The Labute approximate surface area is 126 Å². The molecule has 1 atom stereocenters. The highest BCUT2D eigenvalue weighted by Gasteiger charge is 2.25. The highest BCUT2D eigenvalue weighted by atomic mass is 35.5. The fourth-order valence-electron chi connectivity index (χ4n) is 1.76. The summed E-state index contributed by atoms with van der Waals surface area (Å²) < 4.78 is 6.22. The summed E-state index contributed by atoms with van der Waals surface area (Å²) in [6.45, 7) is 0.233. The number of carbonyl (C=O) groups is 1. The number of esters is 1. The molecule has 0 fully saturated rings. The minimum absolute atomic E-state index is 0.0658. The molecule has 0 spiro atoms. The van der Waals surface area contributed by atoms with Crippen LogP contribution < -0.4 is 5.32 Å². The van der Waals surface area contributed by atoms with Gasteiger partial charge in [0.25, 0.3) is 0 Å². The van der Waals surface area contributed by atoms with Crippen LogP contribution in [0.25, 0.3) is 0 Å². The third kappa shape index (κ3) is 3.71. The molecule has 1 aromatic carbocycles. The molecule has 1 heterocycles. The van der Waals surface area contributed by atoms with E-state index in [2.05, 4.69) is 15.6 Å². The number of halogens is 1. The average molecular weight is 311 g/mol. The van der Waals surface area contributed by atoms with E-state index in [0.717, 1.165) is 0 Å². The number of aliphatic hydroxyl groups is 1. The fraction of sp³-hybridized carbons (Fsp3) is 0.308. The number of aromatic nitrogens is 3. The molecular formula is C13H15ClN4O3. The quantitative estimate of drug-likeness (QED) is 0.781. The first kappa shape index (κ1) is 15.3. The van der Waals surface area contributed by atoms with Gasteiger partial charge in [0.2, 0.25) is 0 Å². The van der Waals surface area contributed by atoms with Crippen LogP contribution in [0.3, 0.4) is 0 Å². The lowest BCUT2D eigenvalue weighted by Crippen LogP contribution is -2.23. The Morgan fingerprint density at radius 3 is 2.95 bits per heavy atom. The Morgan fingerprint density at radius 1 is 1.52 bits per heavy atom. The molecule has 0 saturated carbocycles. The lowest BCUT2D eigenvalue weighted by Gasteiger charge is -2.16. The van der Waals surface area contributed by atoms with Gasteiger partial charge in [0.15, 0.2) is 6.04 Å². The molecule has 0 saturated heterocycles. The molecule has 1 aromatic heterocycles. The summed E-state index contributed by atoms with van der Waals surface area (Å²) in [4.78, 5) is 11.9. The van der Waals surface area contributed by atoms with Gasteiger partial charge in [-0.25, -0.2) is 9.48 Å². The largest absolute Gasteiger partial charge is 0.467 e. The van der Waals surface area contributed by atoms with Gasteiger partial charge in [0.1, 0.15) is 5.69 Å². The van der Waals surface area contributed by atoms with E-state index < -0.39 is 12.0 Å². The number of rotatable bonds is 6. The summed E-state index contributed by atoms with van der Waals surface area (Å²) in [5.74, 6) is -0.508. The average Bonchev–Trinajstić information content (AvgIpc) is 2.94. The first-order chi connectivity index (χ1) is 10.2. The van der Waals surface area contributed by atoms with Crippen molar-refractivity contribution in [1.29, 1.82) is 0 Å². The van der Waals surface area contributed by atoms with Crippen molar-refractivity contribution in [3.8, 4) is 0 Å². The Balaban J connectivity index is 2.26. The molecule has 7 nitrogen and oxygen atoms in total. The summed E-state index contributed by atoms with van der Waals surface area (Å²) in [5.41, 5.74) is 0.974. The van der Waals surface area contributed by atoms with E-state index >= 15 is 0 Å². The van der Waals surface area contributed by atoms with Crippen molar-refractivity contribution < 1.29 is 14.6 Å². The summed E-state index contributed by atoms with van der Waals surface area (Å²) >= 11 is 6.07. The van der Waals surface area contributed by atoms with Crippen LogP contribution in [-0.2, 0) is 16.1 Å². The summed E-state index contributed by atoms with van der Waals surface area (Å²) in [7, 11) is 1.29. The number of benzene rings is 1. The van der Waals surface area contributed by atoms with Crippen LogP contribution in [0.1, 0.15) is 11.7 Å². The second kappa shape index (κ2) is 7.05. The van der Waals surface area contributed by atoms with Crippen LogP contribution in [-0.4, -0.2) is 39.8 Å². The van der Waals surface area contributed by atoms with Gasteiger partial charge >= 0.3 is 5.97 Å². The van der Waals surface area contributed by atoms with Crippen LogP contribution in [0, 0.1) is 0 Å². The van der Waals surface area contributed by atoms with Gasteiger partial charge in [-0.15, -0.1) is 5.10 Å². The van der Waals surface area contributed by atoms with E-state index in [0.29, 0.717) is 22.9 Å². The molecule has 2 rings (SSSR count). The standard InChI is InChI=1S/C13H15ClN4O3/c1-21-13(20)12(11-8-18(6-7-19)17-16-11)15-10-5-3-2-4-9(10)14/h2-5,8,12,15,19H,6-7H2,1H3. The van der Waals surface area contributed by atoms with Gasteiger partial charge in [0.05, 0.1) is 37.2 Å². The minimum Gasteiger partial charge on any atom is -0.467 e. The number of nitrogens with zero attached hydrogens (tertiary/aromatic N) is 3. The molecule has 0 aliphatic heterocycles. The maximum Gasteiger partial charge on any atom is 0.334 e. The molecule has 2 N–H and O–H groups in total. The molecule has 2 aromatic rings. The number of methoxy groups -OCH3 is 1. The third-order valence-electron chi connectivity index (χ3n) is 2.79. The second-order valence-electron chi connectivity index (χ2n) is 4.21.